The van der Waals surface area contributed by atoms with Crippen LogP contribution in [0.15, 0.2) is 84.9 Å². The summed E-state index contributed by atoms with van der Waals surface area (Å²) in [6.45, 7) is 0.479. The molecule has 0 aromatic heterocycles. The number of amides is 1. The number of carbonyl (C=O) groups is 1. The zero-order valence-corrected chi connectivity index (χ0v) is 14.4. The lowest BCUT2D eigenvalue weighted by atomic mass is 10.0. The molecule has 124 valence electrons. The van der Waals surface area contributed by atoms with Crippen LogP contribution < -0.4 is 5.32 Å². The molecule has 0 aliphatic rings. The number of rotatable bonds is 5. The number of hydrogen-bond acceptors (Lipinski definition) is 1. The molecule has 0 aliphatic carbocycles. The Morgan fingerprint density at radius 2 is 1.44 bits per heavy atom. The second kappa shape index (κ2) is 8.32. The molecule has 0 saturated carbocycles. The highest BCUT2D eigenvalue weighted by Gasteiger charge is 2.12. The van der Waals surface area contributed by atoms with Gasteiger partial charge in [-0.2, -0.15) is 0 Å². The van der Waals surface area contributed by atoms with Gasteiger partial charge in [-0.15, -0.1) is 0 Å². The van der Waals surface area contributed by atoms with Crippen LogP contribution in [0, 0.1) is 0 Å². The Morgan fingerprint density at radius 1 is 0.840 bits per heavy atom. The Hall–Kier alpha value is -2.84. The van der Waals surface area contributed by atoms with Gasteiger partial charge in [-0.25, -0.2) is 0 Å². The summed E-state index contributed by atoms with van der Waals surface area (Å²) in [5.74, 6) is -0.130. The van der Waals surface area contributed by atoms with Crippen LogP contribution in [0.4, 0.5) is 0 Å². The van der Waals surface area contributed by atoms with Crippen LogP contribution in [0.5, 0.6) is 0 Å². The number of carbonyl (C=O) groups excluding carboxylic acids is 1. The van der Waals surface area contributed by atoms with E-state index in [4.69, 9.17) is 11.6 Å². The summed E-state index contributed by atoms with van der Waals surface area (Å²) in [4.78, 5) is 12.8. The van der Waals surface area contributed by atoms with Crippen molar-refractivity contribution in [2.45, 2.75) is 6.54 Å². The second-order valence-corrected chi connectivity index (χ2v) is 6.02. The maximum atomic E-state index is 12.8. The summed E-state index contributed by atoms with van der Waals surface area (Å²) in [5.41, 5.74) is 3.32. The summed E-state index contributed by atoms with van der Waals surface area (Å²) >= 11 is 6.26. The molecule has 0 bridgehead atoms. The van der Waals surface area contributed by atoms with Crippen molar-refractivity contribution in [2.75, 3.05) is 0 Å². The maximum absolute atomic E-state index is 12.8. The largest absolute Gasteiger partial charge is 0.348 e. The molecule has 1 N–H and O–H groups in total. The topological polar surface area (TPSA) is 29.1 Å². The minimum atomic E-state index is -0.130. The Morgan fingerprint density at radius 3 is 2.12 bits per heavy atom. The van der Waals surface area contributed by atoms with E-state index in [1.54, 1.807) is 0 Å². The van der Waals surface area contributed by atoms with Crippen molar-refractivity contribution >= 4 is 29.2 Å². The van der Waals surface area contributed by atoms with Crippen molar-refractivity contribution in [1.82, 2.24) is 5.32 Å². The highest BCUT2D eigenvalue weighted by atomic mass is 35.5. The third kappa shape index (κ3) is 4.59. The monoisotopic (exact) mass is 347 g/mol. The van der Waals surface area contributed by atoms with Crippen molar-refractivity contribution in [3.8, 4) is 0 Å². The summed E-state index contributed by atoms with van der Waals surface area (Å²) in [5, 5.41) is 3.60. The van der Waals surface area contributed by atoms with Crippen molar-refractivity contribution < 1.29 is 4.79 Å². The van der Waals surface area contributed by atoms with Crippen LogP contribution in [-0.4, -0.2) is 5.91 Å². The first-order valence-electron chi connectivity index (χ1n) is 8.08. The molecule has 0 unspecified atom stereocenters. The average Bonchev–Trinajstić information content (AvgIpc) is 2.67. The minimum absolute atomic E-state index is 0.130. The van der Waals surface area contributed by atoms with Gasteiger partial charge < -0.3 is 5.32 Å². The zero-order valence-electron chi connectivity index (χ0n) is 13.7. The van der Waals surface area contributed by atoms with E-state index in [0.717, 1.165) is 16.7 Å². The highest BCUT2D eigenvalue weighted by molar-refractivity contribution is 6.33. The number of benzene rings is 3. The summed E-state index contributed by atoms with van der Waals surface area (Å²) in [6.07, 6.45) is 1.83. The molecule has 25 heavy (non-hydrogen) atoms. The molecule has 0 spiro atoms. The average molecular weight is 348 g/mol. The predicted molar refractivity (Wildman–Crippen MR) is 104 cm³/mol. The number of hydrogen-bond donors (Lipinski definition) is 1. The van der Waals surface area contributed by atoms with E-state index in [2.05, 4.69) is 5.32 Å². The molecule has 0 aliphatic heterocycles. The second-order valence-electron chi connectivity index (χ2n) is 5.61. The van der Waals surface area contributed by atoms with E-state index in [9.17, 15) is 4.79 Å². The van der Waals surface area contributed by atoms with Gasteiger partial charge in [-0.1, -0.05) is 90.5 Å². The first-order valence-corrected chi connectivity index (χ1v) is 8.45. The van der Waals surface area contributed by atoms with Crippen LogP contribution in [0.3, 0.4) is 0 Å². The van der Waals surface area contributed by atoms with Gasteiger partial charge in [-0.05, 0) is 28.8 Å². The van der Waals surface area contributed by atoms with E-state index < -0.39 is 0 Å². The van der Waals surface area contributed by atoms with Crippen LogP contribution in [0.2, 0.25) is 5.02 Å². The fourth-order valence-electron chi connectivity index (χ4n) is 2.52. The highest BCUT2D eigenvalue weighted by Crippen LogP contribution is 2.23. The molecule has 0 atom stereocenters. The fourth-order valence-corrected chi connectivity index (χ4v) is 2.71. The standard InChI is InChI=1S/C22H18ClNO/c23-21-14-8-7-13-19(21)15-20(18-11-5-2-6-12-18)22(25)24-16-17-9-3-1-4-10-17/h1-15H,16H2,(H,24,25)/b20-15+. The molecule has 3 rings (SSSR count). The molecule has 3 aromatic carbocycles. The minimum Gasteiger partial charge on any atom is -0.348 e. The lowest BCUT2D eigenvalue weighted by Gasteiger charge is -2.10. The Balaban J connectivity index is 1.89. The lowest BCUT2D eigenvalue weighted by molar-refractivity contribution is -0.115. The maximum Gasteiger partial charge on any atom is 0.252 e. The van der Waals surface area contributed by atoms with E-state index in [0.29, 0.717) is 17.1 Å². The van der Waals surface area contributed by atoms with E-state index >= 15 is 0 Å². The van der Waals surface area contributed by atoms with Crippen LogP contribution in [0.25, 0.3) is 11.6 Å². The van der Waals surface area contributed by atoms with Gasteiger partial charge in [0.2, 0.25) is 0 Å². The third-order valence-electron chi connectivity index (χ3n) is 3.83. The molecule has 3 heteroatoms. The summed E-state index contributed by atoms with van der Waals surface area (Å²) in [7, 11) is 0. The summed E-state index contributed by atoms with van der Waals surface area (Å²) < 4.78 is 0. The molecule has 0 radical (unpaired) electrons. The van der Waals surface area contributed by atoms with Gasteiger partial charge in [0.1, 0.15) is 0 Å². The SMILES string of the molecule is O=C(NCc1ccccc1)/C(=C/c1ccccc1Cl)c1ccccc1. The molecular weight excluding hydrogens is 330 g/mol. The van der Waals surface area contributed by atoms with Gasteiger partial charge in [-0.3, -0.25) is 4.79 Å². The van der Waals surface area contributed by atoms with Gasteiger partial charge >= 0.3 is 0 Å². The quantitative estimate of drug-likeness (QED) is 0.499. The van der Waals surface area contributed by atoms with Crippen molar-refractivity contribution in [2.24, 2.45) is 0 Å². The summed E-state index contributed by atoms with van der Waals surface area (Å²) in [6, 6.07) is 26.9. The Kier molecular flexibility index (Phi) is 5.65. The van der Waals surface area contributed by atoms with Crippen molar-refractivity contribution in [3.05, 3.63) is 107 Å². The molecule has 0 saturated heterocycles. The van der Waals surface area contributed by atoms with Crippen molar-refractivity contribution in [1.29, 1.82) is 0 Å². The van der Waals surface area contributed by atoms with Crippen LogP contribution >= 0.6 is 11.6 Å². The first-order chi connectivity index (χ1) is 12.2. The number of halogens is 1. The lowest BCUT2D eigenvalue weighted by Crippen LogP contribution is -2.23. The zero-order chi connectivity index (χ0) is 17.5. The number of nitrogens with one attached hydrogen (secondary N) is 1. The Bertz CT molecular complexity index is 873. The van der Waals surface area contributed by atoms with E-state index in [1.807, 2.05) is 91.0 Å². The van der Waals surface area contributed by atoms with E-state index in [1.165, 1.54) is 0 Å². The Labute approximate surface area is 152 Å². The smallest absolute Gasteiger partial charge is 0.252 e. The van der Waals surface area contributed by atoms with E-state index in [-0.39, 0.29) is 5.91 Å². The molecule has 0 fully saturated rings. The first kappa shape index (κ1) is 17.0. The molecular formula is C22H18ClNO. The van der Waals surface area contributed by atoms with Gasteiger partial charge in [0, 0.05) is 17.1 Å². The van der Waals surface area contributed by atoms with Gasteiger partial charge in [0.15, 0.2) is 0 Å². The molecule has 0 heterocycles. The predicted octanol–water partition coefficient (Wildman–Crippen LogP) is 5.20. The van der Waals surface area contributed by atoms with Crippen LogP contribution in [-0.2, 0) is 11.3 Å². The molecule has 1 amide bonds. The van der Waals surface area contributed by atoms with Crippen LogP contribution in [0.1, 0.15) is 16.7 Å². The fraction of sp³-hybridized carbons (Fsp3) is 0.0455. The van der Waals surface area contributed by atoms with Crippen molar-refractivity contribution in [3.63, 3.8) is 0 Å². The third-order valence-corrected chi connectivity index (χ3v) is 4.17. The molecule has 2 nitrogen and oxygen atoms in total. The van der Waals surface area contributed by atoms with Gasteiger partial charge in [0.25, 0.3) is 5.91 Å². The van der Waals surface area contributed by atoms with Gasteiger partial charge in [0.05, 0.1) is 0 Å². The normalized spacial score (nSPS) is 11.2. The molecule has 3 aromatic rings.